The largest absolute Gasteiger partial charge is 0.497 e. The summed E-state index contributed by atoms with van der Waals surface area (Å²) in [6, 6.07) is 29.5. The number of nitrogens with one attached hydrogen (secondary N) is 1. The fourth-order valence-corrected chi connectivity index (χ4v) is 6.09. The van der Waals surface area contributed by atoms with Gasteiger partial charge in [-0.15, -0.1) is 0 Å². The Kier molecular flexibility index (Phi) is 8.21. The minimum atomic E-state index is -0.721. The van der Waals surface area contributed by atoms with Gasteiger partial charge in [0.2, 0.25) is 0 Å². The topological polar surface area (TPSA) is 81.9 Å². The first kappa shape index (κ1) is 28.8. The predicted octanol–water partition coefficient (Wildman–Crippen LogP) is 5.60. The second-order valence-corrected chi connectivity index (χ2v) is 11.1. The fraction of sp³-hybridized carbons (Fsp3) is 0.114. The summed E-state index contributed by atoms with van der Waals surface area (Å²) in [4.78, 5) is 32.9. The summed E-state index contributed by atoms with van der Waals surface area (Å²) in [6.07, 6.45) is 1.79. The van der Waals surface area contributed by atoms with E-state index >= 15 is 0 Å². The first-order valence-corrected chi connectivity index (χ1v) is 14.7. The molecule has 220 valence electrons. The zero-order valence-corrected chi connectivity index (χ0v) is 24.8. The van der Waals surface area contributed by atoms with E-state index < -0.39 is 6.04 Å². The summed E-state index contributed by atoms with van der Waals surface area (Å²) >= 11 is 1.26. The predicted molar refractivity (Wildman–Crippen MR) is 169 cm³/mol. The van der Waals surface area contributed by atoms with Crippen LogP contribution < -0.4 is 29.7 Å². The number of methoxy groups -OCH3 is 1. The van der Waals surface area contributed by atoms with Crippen LogP contribution in [0.3, 0.4) is 0 Å². The summed E-state index contributed by atoms with van der Waals surface area (Å²) < 4.78 is 27.2. The lowest BCUT2D eigenvalue weighted by Gasteiger charge is -2.25. The van der Waals surface area contributed by atoms with Crippen molar-refractivity contribution in [3.63, 3.8) is 0 Å². The van der Waals surface area contributed by atoms with Crippen LogP contribution in [0.25, 0.3) is 6.08 Å². The summed E-state index contributed by atoms with van der Waals surface area (Å²) in [5.74, 6) is 0.530. The molecule has 2 heterocycles. The van der Waals surface area contributed by atoms with E-state index in [-0.39, 0.29) is 23.9 Å². The fourth-order valence-electron chi connectivity index (χ4n) is 5.05. The van der Waals surface area contributed by atoms with Gasteiger partial charge in [-0.2, -0.15) is 0 Å². The number of allylic oxidation sites excluding steroid dienone is 1. The monoisotopic (exact) mass is 605 g/mol. The second-order valence-electron chi connectivity index (χ2n) is 10.1. The maximum atomic E-state index is 14.0. The van der Waals surface area contributed by atoms with Gasteiger partial charge in [0.1, 0.15) is 23.9 Å². The van der Waals surface area contributed by atoms with Crippen molar-refractivity contribution < 1.29 is 18.7 Å². The average molecular weight is 606 g/mol. The Labute approximate surface area is 256 Å². The van der Waals surface area contributed by atoms with Gasteiger partial charge in [0.05, 0.1) is 29.0 Å². The van der Waals surface area contributed by atoms with Gasteiger partial charge >= 0.3 is 0 Å². The highest BCUT2D eigenvalue weighted by molar-refractivity contribution is 7.07. The van der Waals surface area contributed by atoms with E-state index in [9.17, 15) is 14.0 Å². The number of hydrogen-bond acceptors (Lipinski definition) is 6. The number of amides is 1. The molecule has 1 aromatic heterocycles. The lowest BCUT2D eigenvalue weighted by Crippen LogP contribution is -2.40. The Morgan fingerprint density at radius 1 is 0.977 bits per heavy atom. The Hall–Kier alpha value is -5.28. The molecule has 0 fully saturated rings. The molecule has 6 rings (SSSR count). The molecule has 7 nitrogen and oxygen atoms in total. The molecule has 1 atom stereocenters. The Balaban J connectivity index is 1.36. The molecular weight excluding hydrogens is 577 g/mol. The van der Waals surface area contributed by atoms with Gasteiger partial charge < -0.3 is 14.8 Å². The first-order chi connectivity index (χ1) is 21.4. The van der Waals surface area contributed by atoms with Crippen molar-refractivity contribution in [3.05, 3.63) is 157 Å². The van der Waals surface area contributed by atoms with Crippen molar-refractivity contribution in [2.24, 2.45) is 4.99 Å². The minimum absolute atomic E-state index is 0.106. The smallest absolute Gasteiger partial charge is 0.271 e. The van der Waals surface area contributed by atoms with E-state index in [1.54, 1.807) is 67.1 Å². The number of aromatic nitrogens is 1. The van der Waals surface area contributed by atoms with E-state index in [0.29, 0.717) is 43.4 Å². The van der Waals surface area contributed by atoms with Crippen molar-refractivity contribution in [2.75, 3.05) is 12.4 Å². The molecule has 0 aliphatic carbocycles. The van der Waals surface area contributed by atoms with Crippen molar-refractivity contribution in [3.8, 4) is 11.5 Å². The molecule has 5 aromatic rings. The number of benzene rings is 4. The summed E-state index contributed by atoms with van der Waals surface area (Å²) in [5.41, 5.74) is 3.24. The van der Waals surface area contributed by atoms with Crippen LogP contribution in [-0.4, -0.2) is 17.6 Å². The van der Waals surface area contributed by atoms with Gasteiger partial charge in [0, 0.05) is 11.3 Å². The second kappa shape index (κ2) is 12.5. The zero-order valence-electron chi connectivity index (χ0n) is 24.0. The molecule has 1 N–H and O–H groups in total. The van der Waals surface area contributed by atoms with Gasteiger partial charge in [0.15, 0.2) is 4.80 Å². The molecule has 1 amide bonds. The van der Waals surface area contributed by atoms with Crippen LogP contribution in [0.1, 0.15) is 29.7 Å². The number of hydrogen-bond donors (Lipinski definition) is 1. The Bertz CT molecular complexity index is 2050. The molecule has 1 aliphatic heterocycles. The van der Waals surface area contributed by atoms with E-state index in [1.165, 1.54) is 17.4 Å². The molecular formula is C35H28FN3O4S. The summed E-state index contributed by atoms with van der Waals surface area (Å²) in [7, 11) is 1.57. The molecule has 0 saturated heterocycles. The number of carbonyl (C=O) groups excluding carboxylic acids is 1. The van der Waals surface area contributed by atoms with Crippen molar-refractivity contribution in [1.29, 1.82) is 0 Å². The lowest BCUT2D eigenvalue weighted by molar-refractivity contribution is -0.113. The maximum Gasteiger partial charge on any atom is 0.271 e. The van der Waals surface area contributed by atoms with Crippen molar-refractivity contribution in [2.45, 2.75) is 19.6 Å². The SMILES string of the molecule is COc1cccc([C@@H]2C(C(=O)Nc3ccccc3)=C(C)N=c3s/c(=C\c4ccc(OCc5ccccc5F)cc4)c(=O)n32)c1. The average Bonchev–Trinajstić information content (AvgIpc) is 3.34. The molecule has 0 saturated carbocycles. The van der Waals surface area contributed by atoms with Crippen LogP contribution in [0.2, 0.25) is 0 Å². The summed E-state index contributed by atoms with van der Waals surface area (Å²) in [6.45, 7) is 1.89. The molecule has 0 bridgehead atoms. The third kappa shape index (κ3) is 5.95. The van der Waals surface area contributed by atoms with Crippen LogP contribution in [0.4, 0.5) is 10.1 Å². The van der Waals surface area contributed by atoms with E-state index in [4.69, 9.17) is 14.5 Å². The number of rotatable bonds is 8. The number of halogens is 1. The number of thiazole rings is 1. The van der Waals surface area contributed by atoms with Crippen molar-refractivity contribution >= 4 is 29.0 Å². The highest BCUT2D eigenvalue weighted by Crippen LogP contribution is 2.32. The molecule has 9 heteroatoms. The van der Waals surface area contributed by atoms with Gasteiger partial charge in [-0.25, -0.2) is 9.38 Å². The van der Waals surface area contributed by atoms with E-state index in [2.05, 4.69) is 5.32 Å². The van der Waals surface area contributed by atoms with Crippen LogP contribution in [0.15, 0.2) is 124 Å². The minimum Gasteiger partial charge on any atom is -0.497 e. The summed E-state index contributed by atoms with van der Waals surface area (Å²) in [5, 5.41) is 2.96. The van der Waals surface area contributed by atoms with Gasteiger partial charge in [-0.1, -0.05) is 72.0 Å². The molecule has 44 heavy (non-hydrogen) atoms. The van der Waals surface area contributed by atoms with Gasteiger partial charge in [0.25, 0.3) is 11.5 Å². The molecule has 4 aromatic carbocycles. The number of carbonyl (C=O) groups is 1. The quantitative estimate of drug-likeness (QED) is 0.250. The Morgan fingerprint density at radius 3 is 2.48 bits per heavy atom. The van der Waals surface area contributed by atoms with Gasteiger partial charge in [-0.3, -0.25) is 14.2 Å². The van der Waals surface area contributed by atoms with Crippen LogP contribution in [0, 0.1) is 5.82 Å². The number of ether oxygens (including phenoxy) is 2. The normalized spacial score (nSPS) is 14.5. The van der Waals surface area contributed by atoms with Crippen molar-refractivity contribution in [1.82, 2.24) is 4.57 Å². The Morgan fingerprint density at radius 2 is 1.73 bits per heavy atom. The highest BCUT2D eigenvalue weighted by Gasteiger charge is 2.32. The number of nitrogens with zero attached hydrogens (tertiary/aromatic N) is 2. The zero-order chi connectivity index (χ0) is 30.6. The van der Waals surface area contributed by atoms with Gasteiger partial charge in [-0.05, 0) is 66.6 Å². The first-order valence-electron chi connectivity index (χ1n) is 13.9. The lowest BCUT2D eigenvalue weighted by atomic mass is 9.95. The molecule has 0 unspecified atom stereocenters. The molecule has 1 aliphatic rings. The number of fused-ring (bicyclic) bond motifs is 1. The van der Waals surface area contributed by atoms with Crippen LogP contribution >= 0.6 is 11.3 Å². The van der Waals surface area contributed by atoms with Crippen LogP contribution in [-0.2, 0) is 11.4 Å². The third-order valence-corrected chi connectivity index (χ3v) is 8.22. The standard InChI is InChI=1S/C35H28FN3O4S/c1-22-31(33(40)38-26-11-4-3-5-12-26)32(24-10-8-13-28(20-24)42-2)39-34(41)30(44-35(39)37-22)19-23-15-17-27(18-16-23)43-21-25-9-6-7-14-29(25)36/h3-20,32H,21H2,1-2H3,(H,38,40)/b30-19-/t32-/m1/s1. The molecule has 0 radical (unpaired) electrons. The highest BCUT2D eigenvalue weighted by atomic mass is 32.1. The van der Waals surface area contributed by atoms with E-state index in [0.717, 1.165) is 11.1 Å². The maximum absolute atomic E-state index is 14.0. The third-order valence-electron chi connectivity index (χ3n) is 7.24. The number of para-hydroxylation sites is 1. The molecule has 0 spiro atoms. The number of anilines is 1. The van der Waals surface area contributed by atoms with E-state index in [1.807, 2.05) is 54.6 Å². The van der Waals surface area contributed by atoms with Crippen LogP contribution in [0.5, 0.6) is 11.5 Å².